The maximum Gasteiger partial charge on any atom is 0.159 e. The molecule has 0 unspecified atom stereocenters. The minimum atomic E-state index is 0.150. The lowest BCUT2D eigenvalue weighted by Crippen LogP contribution is -2.17. The number of rotatable bonds is 9. The SMILES string of the molecule is C=C(/C=C(\c1ccccc1C)N(c1cccc(C)c1)c1cccc2c1oc1ccccc12)c1cc(N(c2cccc(C)c2)c2cccc3c2oc2ccccc23)c2ccccc2c1O. The van der Waals surface area contributed by atoms with Crippen LogP contribution in [0, 0.1) is 20.8 Å². The lowest BCUT2D eigenvalue weighted by atomic mass is 9.94. The maximum absolute atomic E-state index is 12.5. The maximum atomic E-state index is 12.5. The van der Waals surface area contributed by atoms with Gasteiger partial charge in [0.1, 0.15) is 16.9 Å². The molecule has 64 heavy (non-hydrogen) atoms. The van der Waals surface area contributed by atoms with E-state index in [1.165, 1.54) is 0 Å². The summed E-state index contributed by atoms with van der Waals surface area (Å²) < 4.78 is 13.4. The van der Waals surface area contributed by atoms with Crippen LogP contribution in [0.5, 0.6) is 5.75 Å². The average Bonchev–Trinajstić information content (AvgIpc) is 3.90. The highest BCUT2D eigenvalue weighted by atomic mass is 16.3. The molecule has 5 heteroatoms. The summed E-state index contributed by atoms with van der Waals surface area (Å²) in [6, 6.07) is 64.5. The first-order valence-electron chi connectivity index (χ1n) is 21.6. The topological polar surface area (TPSA) is 53.0 Å². The number of phenols is 1. The summed E-state index contributed by atoms with van der Waals surface area (Å²) in [6.45, 7) is 11.1. The molecule has 0 aliphatic rings. The molecule has 1 N–H and O–H groups in total. The minimum absolute atomic E-state index is 0.150. The molecule has 0 aliphatic carbocycles. The number of hydrogen-bond acceptors (Lipinski definition) is 5. The highest BCUT2D eigenvalue weighted by Crippen LogP contribution is 2.49. The van der Waals surface area contributed by atoms with Crippen molar-refractivity contribution in [1.82, 2.24) is 0 Å². The minimum Gasteiger partial charge on any atom is -0.507 e. The van der Waals surface area contributed by atoms with Crippen LogP contribution in [-0.4, -0.2) is 5.11 Å². The van der Waals surface area contributed by atoms with Crippen molar-refractivity contribution < 1.29 is 13.9 Å². The molecule has 308 valence electrons. The van der Waals surface area contributed by atoms with E-state index in [4.69, 9.17) is 15.4 Å². The number of benzene rings is 9. The van der Waals surface area contributed by atoms with Crippen molar-refractivity contribution in [2.24, 2.45) is 0 Å². The third kappa shape index (κ3) is 6.49. The van der Waals surface area contributed by atoms with Gasteiger partial charge in [-0.15, -0.1) is 0 Å². The third-order valence-corrected chi connectivity index (χ3v) is 12.3. The normalized spacial score (nSPS) is 11.9. The Balaban J connectivity index is 1.18. The number of para-hydroxylation sites is 4. The highest BCUT2D eigenvalue weighted by molar-refractivity contribution is 6.14. The molecule has 11 rings (SSSR count). The Morgan fingerprint density at radius 2 is 0.984 bits per heavy atom. The number of aromatic hydroxyl groups is 1. The molecule has 0 fully saturated rings. The van der Waals surface area contributed by atoms with Crippen LogP contribution >= 0.6 is 0 Å². The lowest BCUT2D eigenvalue weighted by Gasteiger charge is -2.30. The first kappa shape index (κ1) is 38.6. The van der Waals surface area contributed by atoms with Crippen LogP contribution in [-0.2, 0) is 0 Å². The van der Waals surface area contributed by atoms with Crippen molar-refractivity contribution in [2.45, 2.75) is 20.8 Å². The van der Waals surface area contributed by atoms with Gasteiger partial charge in [-0.1, -0.05) is 140 Å². The molecule has 0 saturated carbocycles. The first-order chi connectivity index (χ1) is 31.3. The van der Waals surface area contributed by atoms with Crippen LogP contribution in [0.1, 0.15) is 27.8 Å². The van der Waals surface area contributed by atoms with Gasteiger partial charge in [0, 0.05) is 54.8 Å². The number of phenolic OH excluding ortho intramolecular Hbond substituents is 1. The summed E-state index contributed by atoms with van der Waals surface area (Å²) in [5, 5.41) is 18.2. The third-order valence-electron chi connectivity index (χ3n) is 12.3. The second kappa shape index (κ2) is 15.6. The van der Waals surface area contributed by atoms with Crippen molar-refractivity contribution >= 4 is 94.4 Å². The van der Waals surface area contributed by atoms with Gasteiger partial charge >= 0.3 is 0 Å². The van der Waals surface area contributed by atoms with Crippen LogP contribution in [0.15, 0.2) is 210 Å². The van der Waals surface area contributed by atoms with Crippen LogP contribution in [0.3, 0.4) is 0 Å². The summed E-state index contributed by atoms with van der Waals surface area (Å²) in [6.07, 6.45) is 2.11. The second-order valence-corrected chi connectivity index (χ2v) is 16.6. The Morgan fingerprint density at radius 1 is 0.469 bits per heavy atom. The molecular formula is C59H44N2O3. The van der Waals surface area contributed by atoms with E-state index < -0.39 is 0 Å². The van der Waals surface area contributed by atoms with Gasteiger partial charge in [-0.05, 0) is 104 Å². The van der Waals surface area contributed by atoms with Crippen molar-refractivity contribution in [3.8, 4) is 5.75 Å². The Bertz CT molecular complexity index is 3660. The molecule has 0 aliphatic heterocycles. The average molecular weight is 829 g/mol. The van der Waals surface area contributed by atoms with Gasteiger partial charge in [0.15, 0.2) is 11.2 Å². The number of nitrogens with zero attached hydrogens (tertiary/aromatic N) is 2. The molecule has 2 aromatic heterocycles. The zero-order valence-electron chi connectivity index (χ0n) is 35.8. The van der Waals surface area contributed by atoms with Crippen LogP contribution in [0.4, 0.5) is 28.4 Å². The van der Waals surface area contributed by atoms with Gasteiger partial charge in [0.2, 0.25) is 0 Å². The van der Waals surface area contributed by atoms with E-state index in [0.29, 0.717) is 16.5 Å². The fraction of sp³-hybridized carbons (Fsp3) is 0.0508. The van der Waals surface area contributed by atoms with E-state index in [-0.39, 0.29) is 5.75 Å². The van der Waals surface area contributed by atoms with Gasteiger partial charge in [0.05, 0.1) is 22.8 Å². The summed E-state index contributed by atoms with van der Waals surface area (Å²) in [7, 11) is 0. The monoisotopic (exact) mass is 828 g/mol. The Labute approximate surface area is 371 Å². The van der Waals surface area contributed by atoms with E-state index in [1.807, 2.05) is 54.6 Å². The van der Waals surface area contributed by atoms with Crippen molar-refractivity contribution in [2.75, 3.05) is 9.80 Å². The molecule has 0 saturated heterocycles. The number of hydrogen-bond donors (Lipinski definition) is 1. The van der Waals surface area contributed by atoms with Crippen LogP contribution < -0.4 is 9.80 Å². The standard InChI is InChI=1S/C59H44N2O3/c1-37-17-13-20-41(33-37)60(51-29-15-27-48-45-24-9-11-31-55(45)63-58(48)51)53(43-22-6-5-19-39(43)3)35-40(4)50-36-54(44-23-7-8-26-47(44)57(50)62)61(42-21-14-18-38(2)34-42)52-30-16-28-49-46-25-10-12-32-56(46)64-59(49)52/h5-36,62H,4H2,1-3H3/b53-35+. The van der Waals surface area contributed by atoms with Gasteiger partial charge in [-0.2, -0.15) is 0 Å². The van der Waals surface area contributed by atoms with Gasteiger partial charge in [-0.25, -0.2) is 0 Å². The van der Waals surface area contributed by atoms with Crippen molar-refractivity contribution in [3.05, 3.63) is 229 Å². The number of anilines is 5. The number of fused-ring (bicyclic) bond motifs is 7. The van der Waals surface area contributed by atoms with E-state index in [9.17, 15) is 5.11 Å². The lowest BCUT2D eigenvalue weighted by molar-refractivity contribution is 0.480. The Morgan fingerprint density at radius 3 is 1.64 bits per heavy atom. The fourth-order valence-electron chi connectivity index (χ4n) is 9.30. The van der Waals surface area contributed by atoms with Gasteiger partial charge in [0.25, 0.3) is 0 Å². The molecule has 0 radical (unpaired) electrons. The van der Waals surface area contributed by atoms with E-state index in [1.54, 1.807) is 0 Å². The molecule has 9 aromatic carbocycles. The summed E-state index contributed by atoms with van der Waals surface area (Å²) >= 11 is 0. The van der Waals surface area contributed by atoms with Crippen molar-refractivity contribution in [3.63, 3.8) is 0 Å². The second-order valence-electron chi connectivity index (χ2n) is 16.6. The van der Waals surface area contributed by atoms with Crippen molar-refractivity contribution in [1.29, 1.82) is 0 Å². The molecular weight excluding hydrogens is 785 g/mol. The van der Waals surface area contributed by atoms with E-state index in [0.717, 1.165) is 106 Å². The predicted octanol–water partition coefficient (Wildman–Crippen LogP) is 16.6. The number of allylic oxidation sites excluding steroid dienone is 2. The first-order valence-corrected chi connectivity index (χ1v) is 21.6. The largest absolute Gasteiger partial charge is 0.507 e. The number of aryl methyl sites for hydroxylation is 3. The number of furan rings is 2. The van der Waals surface area contributed by atoms with E-state index >= 15 is 0 Å². The summed E-state index contributed by atoms with van der Waals surface area (Å²) in [4.78, 5) is 4.52. The Kier molecular flexibility index (Phi) is 9.40. The Hall–Kier alpha value is -8.28. The molecule has 5 nitrogen and oxygen atoms in total. The van der Waals surface area contributed by atoms with Gasteiger partial charge < -0.3 is 23.7 Å². The molecule has 11 aromatic rings. The van der Waals surface area contributed by atoms with E-state index in [2.05, 4.69) is 170 Å². The quantitative estimate of drug-likeness (QED) is 0.147. The predicted molar refractivity (Wildman–Crippen MR) is 268 cm³/mol. The fourth-order valence-corrected chi connectivity index (χ4v) is 9.30. The molecule has 2 heterocycles. The zero-order valence-corrected chi connectivity index (χ0v) is 35.8. The molecule has 0 amide bonds. The smallest absolute Gasteiger partial charge is 0.159 e. The van der Waals surface area contributed by atoms with Gasteiger partial charge in [-0.3, -0.25) is 0 Å². The highest BCUT2D eigenvalue weighted by Gasteiger charge is 2.26. The molecule has 0 bridgehead atoms. The summed E-state index contributed by atoms with van der Waals surface area (Å²) in [5.74, 6) is 0.150. The summed E-state index contributed by atoms with van der Waals surface area (Å²) in [5.41, 5.74) is 14.2. The zero-order chi connectivity index (χ0) is 43.5. The molecule has 0 spiro atoms. The van der Waals surface area contributed by atoms with Crippen LogP contribution in [0.2, 0.25) is 0 Å². The molecule has 0 atom stereocenters. The van der Waals surface area contributed by atoms with Crippen LogP contribution in [0.25, 0.3) is 65.9 Å².